The van der Waals surface area contributed by atoms with E-state index in [1.165, 1.54) is 7.11 Å². The van der Waals surface area contributed by atoms with Gasteiger partial charge >= 0.3 is 11.9 Å². The van der Waals surface area contributed by atoms with Crippen LogP contribution in [0.3, 0.4) is 0 Å². The maximum Gasteiger partial charge on any atom is 0.322 e. The van der Waals surface area contributed by atoms with Gasteiger partial charge in [-0.05, 0) is 22.3 Å². The summed E-state index contributed by atoms with van der Waals surface area (Å²) in [7, 11) is 1.23. The van der Waals surface area contributed by atoms with E-state index in [1.807, 2.05) is 59.0 Å². The van der Waals surface area contributed by atoms with Crippen molar-refractivity contribution in [2.24, 2.45) is 11.7 Å². The van der Waals surface area contributed by atoms with Crippen molar-refractivity contribution in [2.75, 3.05) is 13.7 Å². The molecule has 0 amide bonds. The minimum absolute atomic E-state index is 0.0555. The maximum absolute atomic E-state index is 12.4. The number of hydrogen-bond donors (Lipinski definition) is 1. The molecule has 0 aromatic heterocycles. The predicted molar refractivity (Wildman–Crippen MR) is 102 cm³/mol. The van der Waals surface area contributed by atoms with Gasteiger partial charge in [0.25, 0.3) is 0 Å². The molecule has 2 N–H and O–H groups in total. The number of fused-ring (bicyclic) bond motifs is 3. The highest BCUT2D eigenvalue weighted by Crippen LogP contribution is 2.44. The summed E-state index contributed by atoms with van der Waals surface area (Å²) in [5, 5.41) is 0. The van der Waals surface area contributed by atoms with Gasteiger partial charge in [0.1, 0.15) is 6.61 Å². The van der Waals surface area contributed by atoms with Gasteiger partial charge in [-0.1, -0.05) is 71.1 Å². The summed E-state index contributed by atoms with van der Waals surface area (Å²) in [6.07, 6.45) is 0. The third-order valence-electron chi connectivity index (χ3n) is 4.38. The zero-order chi connectivity index (χ0) is 18.0. The highest BCUT2D eigenvalue weighted by Gasteiger charge is 2.36. The molecule has 0 saturated carbocycles. The number of carbonyl (C=O) groups is 2. The highest BCUT2D eigenvalue weighted by atomic mass is 127. The van der Waals surface area contributed by atoms with Crippen LogP contribution in [-0.4, -0.2) is 29.7 Å². The van der Waals surface area contributed by atoms with E-state index in [4.69, 9.17) is 10.5 Å². The molecule has 0 spiro atoms. The van der Waals surface area contributed by atoms with Crippen LogP contribution >= 0.6 is 22.6 Å². The SMILES string of the molecule is COC(=O)C(C(=O)OCC1c2ccccc2-c2ccccc21)C(N)I. The van der Waals surface area contributed by atoms with Crippen molar-refractivity contribution in [1.29, 1.82) is 0 Å². The standard InChI is InChI=1S/C19H18INO4/c1-24-18(22)16(17(20)21)19(23)25-10-15-13-8-4-2-6-11(13)12-7-3-5-9-14(12)15/h2-9,15-17H,10,21H2,1H3. The average molecular weight is 451 g/mol. The van der Waals surface area contributed by atoms with Crippen molar-refractivity contribution in [2.45, 2.75) is 9.97 Å². The Bertz CT molecular complexity index is 760. The lowest BCUT2D eigenvalue weighted by atomic mass is 9.98. The van der Waals surface area contributed by atoms with E-state index >= 15 is 0 Å². The Kier molecular flexibility index (Phi) is 5.39. The van der Waals surface area contributed by atoms with Crippen LogP contribution in [-0.2, 0) is 19.1 Å². The van der Waals surface area contributed by atoms with Crippen LogP contribution in [0.25, 0.3) is 11.1 Å². The Labute approximate surface area is 159 Å². The monoisotopic (exact) mass is 451 g/mol. The molecule has 1 aliphatic carbocycles. The van der Waals surface area contributed by atoms with Gasteiger partial charge in [-0.15, -0.1) is 0 Å². The van der Waals surface area contributed by atoms with Gasteiger partial charge in [0, 0.05) is 5.92 Å². The molecule has 2 unspecified atom stereocenters. The minimum Gasteiger partial charge on any atom is -0.468 e. The van der Waals surface area contributed by atoms with Crippen LogP contribution in [0.5, 0.6) is 0 Å². The lowest BCUT2D eigenvalue weighted by Crippen LogP contribution is -2.39. The first-order chi connectivity index (χ1) is 12.0. The number of nitrogens with two attached hydrogens (primary N) is 1. The van der Waals surface area contributed by atoms with Crippen molar-refractivity contribution in [3.8, 4) is 11.1 Å². The third-order valence-corrected chi connectivity index (χ3v) is 5.10. The van der Waals surface area contributed by atoms with E-state index in [0.29, 0.717) is 0 Å². The topological polar surface area (TPSA) is 78.6 Å². The molecular weight excluding hydrogens is 433 g/mol. The zero-order valence-corrected chi connectivity index (χ0v) is 15.8. The molecule has 0 saturated heterocycles. The second-order valence-electron chi connectivity index (χ2n) is 5.80. The molecular formula is C19H18INO4. The van der Waals surface area contributed by atoms with Gasteiger partial charge in [-0.2, -0.15) is 0 Å². The Hall–Kier alpha value is -1.93. The lowest BCUT2D eigenvalue weighted by molar-refractivity contribution is -0.160. The number of benzene rings is 2. The fourth-order valence-corrected chi connectivity index (χ4v) is 3.77. The van der Waals surface area contributed by atoms with Gasteiger partial charge in [0.15, 0.2) is 5.92 Å². The molecule has 25 heavy (non-hydrogen) atoms. The van der Waals surface area contributed by atoms with E-state index in [0.717, 1.165) is 22.3 Å². The first-order valence-electron chi connectivity index (χ1n) is 7.87. The Morgan fingerprint density at radius 1 is 1.04 bits per heavy atom. The molecule has 2 aromatic rings. The van der Waals surface area contributed by atoms with E-state index in [1.54, 1.807) is 0 Å². The van der Waals surface area contributed by atoms with E-state index in [2.05, 4.69) is 16.9 Å². The maximum atomic E-state index is 12.4. The molecule has 0 radical (unpaired) electrons. The molecule has 2 aromatic carbocycles. The number of ether oxygens (including phenoxy) is 2. The summed E-state index contributed by atoms with van der Waals surface area (Å²) < 4.78 is 9.41. The van der Waals surface area contributed by atoms with E-state index in [9.17, 15) is 9.59 Å². The van der Waals surface area contributed by atoms with Crippen LogP contribution in [0.4, 0.5) is 0 Å². The lowest BCUT2D eigenvalue weighted by Gasteiger charge is -2.19. The number of carbonyl (C=O) groups excluding carboxylic acids is 2. The van der Waals surface area contributed by atoms with Crippen LogP contribution in [0, 0.1) is 5.92 Å². The average Bonchev–Trinajstić information content (AvgIpc) is 2.93. The fraction of sp³-hybridized carbons (Fsp3) is 0.263. The molecule has 1 aliphatic rings. The largest absolute Gasteiger partial charge is 0.468 e. The quantitative estimate of drug-likeness (QED) is 0.249. The van der Waals surface area contributed by atoms with Crippen molar-refractivity contribution in [3.05, 3.63) is 59.7 Å². The molecule has 3 rings (SSSR count). The molecule has 0 aliphatic heterocycles. The summed E-state index contributed by atoms with van der Waals surface area (Å²) in [6.45, 7) is 0.156. The van der Waals surface area contributed by atoms with E-state index in [-0.39, 0.29) is 12.5 Å². The molecule has 6 heteroatoms. The van der Waals surface area contributed by atoms with Crippen LogP contribution in [0.1, 0.15) is 17.0 Å². The normalized spacial score (nSPS) is 15.0. The Morgan fingerprint density at radius 2 is 1.56 bits per heavy atom. The Balaban J connectivity index is 1.82. The first kappa shape index (κ1) is 17.9. The molecule has 0 heterocycles. The van der Waals surface area contributed by atoms with Gasteiger partial charge in [0.2, 0.25) is 0 Å². The van der Waals surface area contributed by atoms with Gasteiger partial charge in [0.05, 0.1) is 11.2 Å². The number of rotatable bonds is 5. The predicted octanol–water partition coefficient (Wildman–Crippen LogP) is 2.85. The minimum atomic E-state index is -1.13. The number of halogens is 1. The van der Waals surface area contributed by atoms with Gasteiger partial charge in [-0.25, -0.2) is 0 Å². The van der Waals surface area contributed by atoms with Crippen molar-refractivity contribution in [3.63, 3.8) is 0 Å². The molecule has 130 valence electrons. The summed E-state index contributed by atoms with van der Waals surface area (Å²) >= 11 is 1.82. The van der Waals surface area contributed by atoms with Gasteiger partial charge < -0.3 is 15.2 Å². The van der Waals surface area contributed by atoms with Crippen molar-refractivity contribution >= 4 is 34.5 Å². The fourth-order valence-electron chi connectivity index (χ4n) is 3.18. The number of esters is 2. The Morgan fingerprint density at radius 3 is 2.04 bits per heavy atom. The van der Waals surface area contributed by atoms with Gasteiger partial charge in [-0.3, -0.25) is 9.59 Å². The number of methoxy groups -OCH3 is 1. The van der Waals surface area contributed by atoms with Crippen LogP contribution in [0.2, 0.25) is 0 Å². The number of hydrogen-bond acceptors (Lipinski definition) is 5. The van der Waals surface area contributed by atoms with E-state index < -0.39 is 21.9 Å². The molecule has 0 fully saturated rings. The summed E-state index contributed by atoms with van der Waals surface area (Å²) in [6, 6.07) is 16.1. The zero-order valence-electron chi connectivity index (χ0n) is 13.6. The first-order valence-corrected chi connectivity index (χ1v) is 9.11. The van der Waals surface area contributed by atoms with Crippen molar-refractivity contribution in [1.82, 2.24) is 0 Å². The highest BCUT2D eigenvalue weighted by molar-refractivity contribution is 14.1. The number of alkyl halides is 1. The third kappa shape index (κ3) is 3.41. The summed E-state index contributed by atoms with van der Waals surface area (Å²) in [5.74, 6) is -2.52. The smallest absolute Gasteiger partial charge is 0.322 e. The van der Waals surface area contributed by atoms with Crippen molar-refractivity contribution < 1.29 is 19.1 Å². The molecule has 0 bridgehead atoms. The molecule has 5 nitrogen and oxygen atoms in total. The van der Waals surface area contributed by atoms with Crippen LogP contribution < -0.4 is 5.73 Å². The molecule has 2 atom stereocenters. The second-order valence-corrected chi connectivity index (χ2v) is 7.24. The summed E-state index contributed by atoms with van der Waals surface area (Å²) in [5.41, 5.74) is 10.3. The van der Waals surface area contributed by atoms with Crippen LogP contribution in [0.15, 0.2) is 48.5 Å². The summed E-state index contributed by atoms with van der Waals surface area (Å²) in [4.78, 5) is 24.1. The second kappa shape index (κ2) is 7.53.